The van der Waals surface area contributed by atoms with E-state index in [1.807, 2.05) is 0 Å². The third kappa shape index (κ3) is 2.89. The summed E-state index contributed by atoms with van der Waals surface area (Å²) in [5, 5.41) is 3.29. The van der Waals surface area contributed by atoms with Crippen molar-refractivity contribution in [3.63, 3.8) is 0 Å². The quantitative estimate of drug-likeness (QED) is 0.887. The molecule has 1 aromatic rings. The molecule has 27 heavy (non-hydrogen) atoms. The van der Waals surface area contributed by atoms with Crippen LogP contribution in [0.15, 0.2) is 6.33 Å². The van der Waals surface area contributed by atoms with E-state index in [1.54, 1.807) is 6.33 Å². The predicted octanol–water partition coefficient (Wildman–Crippen LogP) is 3.40. The lowest BCUT2D eigenvalue weighted by Crippen LogP contribution is -2.52. The number of fused-ring (bicyclic) bond motifs is 1. The summed E-state index contributed by atoms with van der Waals surface area (Å²) in [6.45, 7) is 3.18. The van der Waals surface area contributed by atoms with Crippen molar-refractivity contribution >= 4 is 11.7 Å². The molecule has 2 heterocycles. The van der Waals surface area contributed by atoms with Gasteiger partial charge in [0.1, 0.15) is 12.1 Å². The van der Waals surface area contributed by atoms with Crippen molar-refractivity contribution in [1.29, 1.82) is 0 Å². The standard InChI is InChI=1S/C22H30N4O/c27-21(22-8-15-5-16(9-22)7-17(6-15)10-22)25-20-18-3-4-26(11-14-1-2-14)12-19(18)23-13-24-20/h13-17H,1-12H2,(H,23,24,25,27). The molecule has 6 aliphatic rings. The van der Waals surface area contributed by atoms with Gasteiger partial charge in [0.05, 0.1) is 11.1 Å². The summed E-state index contributed by atoms with van der Waals surface area (Å²) in [4.78, 5) is 25.0. The van der Waals surface area contributed by atoms with Gasteiger partial charge in [-0.3, -0.25) is 9.69 Å². The number of nitrogens with one attached hydrogen (secondary N) is 1. The summed E-state index contributed by atoms with van der Waals surface area (Å²) in [6, 6.07) is 0. The smallest absolute Gasteiger partial charge is 0.231 e. The molecule has 0 radical (unpaired) electrons. The van der Waals surface area contributed by atoms with Crippen LogP contribution in [0, 0.1) is 29.1 Å². The van der Waals surface area contributed by atoms with Crippen LogP contribution in [0.25, 0.3) is 0 Å². The van der Waals surface area contributed by atoms with Gasteiger partial charge in [-0.15, -0.1) is 0 Å². The van der Waals surface area contributed by atoms with E-state index in [4.69, 9.17) is 0 Å². The van der Waals surface area contributed by atoms with Crippen LogP contribution >= 0.6 is 0 Å². The van der Waals surface area contributed by atoms with Gasteiger partial charge in [0.2, 0.25) is 5.91 Å². The summed E-state index contributed by atoms with van der Waals surface area (Å²) in [5.74, 6) is 4.32. The van der Waals surface area contributed by atoms with Gasteiger partial charge in [0.25, 0.3) is 0 Å². The average molecular weight is 367 g/mol. The first-order chi connectivity index (χ1) is 13.2. The Hall–Kier alpha value is -1.49. The summed E-state index contributed by atoms with van der Waals surface area (Å²) >= 11 is 0. The molecule has 1 N–H and O–H groups in total. The molecular formula is C22H30N4O. The Kier molecular flexibility index (Phi) is 3.66. The third-order valence-corrected chi connectivity index (χ3v) is 8.05. The molecular weight excluding hydrogens is 336 g/mol. The second-order valence-electron chi connectivity index (χ2n) is 10.2. The predicted molar refractivity (Wildman–Crippen MR) is 103 cm³/mol. The van der Waals surface area contributed by atoms with Crippen LogP contribution in [0.5, 0.6) is 0 Å². The van der Waals surface area contributed by atoms with Gasteiger partial charge in [-0.2, -0.15) is 0 Å². The summed E-state index contributed by atoms with van der Waals surface area (Å²) in [6.07, 6.45) is 12.8. The van der Waals surface area contributed by atoms with Crippen LogP contribution in [-0.4, -0.2) is 33.9 Å². The fourth-order valence-electron chi connectivity index (χ4n) is 6.97. The molecule has 4 bridgehead atoms. The number of amides is 1. The van der Waals surface area contributed by atoms with Crippen molar-refractivity contribution in [3.05, 3.63) is 17.6 Å². The number of hydrogen-bond acceptors (Lipinski definition) is 4. The van der Waals surface area contributed by atoms with Gasteiger partial charge in [-0.25, -0.2) is 9.97 Å². The lowest BCUT2D eigenvalue weighted by atomic mass is 9.49. The second-order valence-corrected chi connectivity index (χ2v) is 10.2. The zero-order chi connectivity index (χ0) is 18.0. The molecule has 0 saturated heterocycles. The number of carbonyl (C=O) groups is 1. The first kappa shape index (κ1) is 16.5. The lowest BCUT2D eigenvalue weighted by molar-refractivity contribution is -0.140. The molecule has 1 aromatic heterocycles. The molecule has 1 aliphatic heterocycles. The molecule has 0 atom stereocenters. The highest BCUT2D eigenvalue weighted by atomic mass is 16.2. The van der Waals surface area contributed by atoms with E-state index in [2.05, 4.69) is 20.2 Å². The van der Waals surface area contributed by atoms with Crippen LogP contribution < -0.4 is 5.32 Å². The van der Waals surface area contributed by atoms with Gasteiger partial charge in [0, 0.05) is 25.2 Å². The first-order valence-electron chi connectivity index (χ1n) is 11.0. The van der Waals surface area contributed by atoms with Gasteiger partial charge >= 0.3 is 0 Å². The van der Waals surface area contributed by atoms with Crippen LogP contribution in [0.3, 0.4) is 0 Å². The Balaban J connectivity index is 1.21. The Bertz CT molecular complexity index is 736. The maximum absolute atomic E-state index is 13.4. The number of hydrogen-bond donors (Lipinski definition) is 1. The van der Waals surface area contributed by atoms with Crippen molar-refractivity contribution in [1.82, 2.24) is 14.9 Å². The van der Waals surface area contributed by atoms with E-state index in [1.165, 1.54) is 44.2 Å². The molecule has 0 spiro atoms. The van der Waals surface area contributed by atoms with E-state index in [0.717, 1.165) is 74.0 Å². The van der Waals surface area contributed by atoms with E-state index < -0.39 is 0 Å². The van der Waals surface area contributed by atoms with Gasteiger partial charge < -0.3 is 5.32 Å². The van der Waals surface area contributed by atoms with Crippen LogP contribution in [0.1, 0.15) is 62.6 Å². The number of nitrogens with zero attached hydrogens (tertiary/aromatic N) is 3. The number of rotatable bonds is 4. The Morgan fingerprint density at radius 1 is 1.11 bits per heavy atom. The van der Waals surface area contributed by atoms with Crippen molar-refractivity contribution in [2.75, 3.05) is 18.4 Å². The second kappa shape index (κ2) is 6.00. The third-order valence-electron chi connectivity index (χ3n) is 8.05. The normalized spacial score (nSPS) is 37.3. The van der Waals surface area contributed by atoms with Crippen molar-refractivity contribution in [2.24, 2.45) is 29.1 Å². The van der Waals surface area contributed by atoms with Crippen LogP contribution in [-0.2, 0) is 17.8 Å². The topological polar surface area (TPSA) is 58.1 Å². The largest absolute Gasteiger partial charge is 0.310 e. The SMILES string of the molecule is O=C(Nc1ncnc2c1CCN(CC1CC1)C2)C12CC3CC(CC(C3)C1)C2. The molecule has 5 aliphatic carbocycles. The number of carbonyl (C=O) groups excluding carboxylic acids is 1. The fraction of sp³-hybridized carbons (Fsp3) is 0.773. The molecule has 0 aromatic carbocycles. The maximum atomic E-state index is 13.4. The van der Waals surface area contributed by atoms with Crippen LogP contribution in [0.4, 0.5) is 5.82 Å². The summed E-state index contributed by atoms with van der Waals surface area (Å²) < 4.78 is 0. The maximum Gasteiger partial charge on any atom is 0.231 e. The van der Waals surface area contributed by atoms with E-state index >= 15 is 0 Å². The Morgan fingerprint density at radius 2 is 1.81 bits per heavy atom. The molecule has 1 amide bonds. The molecule has 0 unspecified atom stereocenters. The number of aromatic nitrogens is 2. The van der Waals surface area contributed by atoms with Crippen LogP contribution in [0.2, 0.25) is 0 Å². The fourth-order valence-corrected chi connectivity index (χ4v) is 6.97. The summed E-state index contributed by atoms with van der Waals surface area (Å²) in [7, 11) is 0. The zero-order valence-electron chi connectivity index (χ0n) is 16.1. The highest BCUT2D eigenvalue weighted by Gasteiger charge is 2.54. The van der Waals surface area contributed by atoms with E-state index in [0.29, 0.717) is 0 Å². The molecule has 7 rings (SSSR count). The summed E-state index contributed by atoms with van der Waals surface area (Å²) in [5.41, 5.74) is 2.19. The molecule has 144 valence electrons. The van der Waals surface area contributed by atoms with Gasteiger partial charge in [-0.1, -0.05) is 0 Å². The Labute approximate surface area is 161 Å². The Morgan fingerprint density at radius 3 is 2.48 bits per heavy atom. The monoisotopic (exact) mass is 366 g/mol. The van der Waals surface area contributed by atoms with Crippen molar-refractivity contribution in [3.8, 4) is 0 Å². The average Bonchev–Trinajstić information content (AvgIpc) is 3.44. The van der Waals surface area contributed by atoms with Gasteiger partial charge in [-0.05, 0) is 81.5 Å². The van der Waals surface area contributed by atoms with Crippen molar-refractivity contribution < 1.29 is 4.79 Å². The highest BCUT2D eigenvalue weighted by molar-refractivity contribution is 5.95. The molecule has 5 nitrogen and oxygen atoms in total. The highest BCUT2D eigenvalue weighted by Crippen LogP contribution is 2.60. The minimum Gasteiger partial charge on any atom is -0.310 e. The minimum absolute atomic E-state index is 0.112. The minimum atomic E-state index is -0.112. The number of anilines is 1. The molecule has 5 fully saturated rings. The molecule has 5 saturated carbocycles. The zero-order valence-corrected chi connectivity index (χ0v) is 16.1. The molecule has 5 heteroatoms. The van der Waals surface area contributed by atoms with Crippen molar-refractivity contribution in [2.45, 2.75) is 64.3 Å². The first-order valence-corrected chi connectivity index (χ1v) is 11.0. The van der Waals surface area contributed by atoms with E-state index in [-0.39, 0.29) is 11.3 Å². The lowest BCUT2D eigenvalue weighted by Gasteiger charge is -2.55. The van der Waals surface area contributed by atoms with E-state index in [9.17, 15) is 4.79 Å². The van der Waals surface area contributed by atoms with Gasteiger partial charge in [0.15, 0.2) is 0 Å².